The topological polar surface area (TPSA) is 30.5 Å². The molecule has 0 bridgehead atoms. The average molecular weight is 244 g/mol. The SMILES string of the molecule is COc1ccc(CC2(C)NCCO2)cc1.Cl. The predicted octanol–water partition coefficient (Wildman–Crippen LogP) is 2.00. The molecule has 1 heterocycles. The van der Waals surface area contributed by atoms with Crippen LogP contribution >= 0.6 is 12.4 Å². The van der Waals surface area contributed by atoms with Crippen LogP contribution in [0.4, 0.5) is 0 Å². The van der Waals surface area contributed by atoms with E-state index in [0.717, 1.165) is 25.3 Å². The Balaban J connectivity index is 0.00000128. The number of methoxy groups -OCH3 is 1. The second-order valence-electron chi connectivity index (χ2n) is 4.03. The van der Waals surface area contributed by atoms with Crippen LogP contribution < -0.4 is 10.1 Å². The lowest BCUT2D eigenvalue weighted by atomic mass is 10.0. The van der Waals surface area contributed by atoms with E-state index in [4.69, 9.17) is 9.47 Å². The molecular formula is C12H18ClNO2. The summed E-state index contributed by atoms with van der Waals surface area (Å²) in [5.41, 5.74) is 1.06. The molecule has 0 amide bonds. The molecule has 90 valence electrons. The summed E-state index contributed by atoms with van der Waals surface area (Å²) in [5.74, 6) is 0.893. The number of hydrogen-bond acceptors (Lipinski definition) is 3. The van der Waals surface area contributed by atoms with Gasteiger partial charge in [-0.25, -0.2) is 0 Å². The molecule has 16 heavy (non-hydrogen) atoms. The Morgan fingerprint density at radius 1 is 1.38 bits per heavy atom. The molecule has 1 aliphatic rings. The van der Waals surface area contributed by atoms with E-state index in [0.29, 0.717) is 0 Å². The van der Waals surface area contributed by atoms with Crippen molar-refractivity contribution in [1.82, 2.24) is 5.32 Å². The van der Waals surface area contributed by atoms with Gasteiger partial charge in [0.2, 0.25) is 0 Å². The minimum atomic E-state index is -0.200. The minimum Gasteiger partial charge on any atom is -0.497 e. The van der Waals surface area contributed by atoms with Gasteiger partial charge in [0.15, 0.2) is 0 Å². The predicted molar refractivity (Wildman–Crippen MR) is 66.3 cm³/mol. The normalized spacial score (nSPS) is 23.9. The van der Waals surface area contributed by atoms with Crippen molar-refractivity contribution in [3.63, 3.8) is 0 Å². The second kappa shape index (κ2) is 5.53. The molecule has 2 rings (SSSR count). The summed E-state index contributed by atoms with van der Waals surface area (Å²) < 4.78 is 10.8. The van der Waals surface area contributed by atoms with Crippen molar-refractivity contribution in [3.8, 4) is 5.75 Å². The van der Waals surface area contributed by atoms with Crippen LogP contribution in [-0.4, -0.2) is 26.0 Å². The van der Waals surface area contributed by atoms with Gasteiger partial charge in [0.1, 0.15) is 11.5 Å². The van der Waals surface area contributed by atoms with Gasteiger partial charge in [-0.3, -0.25) is 5.32 Å². The Kier molecular flexibility index (Phi) is 4.59. The van der Waals surface area contributed by atoms with E-state index in [-0.39, 0.29) is 18.1 Å². The highest BCUT2D eigenvalue weighted by atomic mass is 35.5. The number of rotatable bonds is 3. The molecule has 1 unspecified atom stereocenters. The third-order valence-electron chi connectivity index (χ3n) is 2.72. The third kappa shape index (κ3) is 3.11. The number of benzene rings is 1. The van der Waals surface area contributed by atoms with Gasteiger partial charge in [0.25, 0.3) is 0 Å². The third-order valence-corrected chi connectivity index (χ3v) is 2.72. The maximum Gasteiger partial charge on any atom is 0.120 e. The first kappa shape index (κ1) is 13.3. The summed E-state index contributed by atoms with van der Waals surface area (Å²) in [6, 6.07) is 8.11. The number of halogens is 1. The minimum absolute atomic E-state index is 0. The van der Waals surface area contributed by atoms with Crippen LogP contribution in [0.2, 0.25) is 0 Å². The van der Waals surface area contributed by atoms with E-state index in [1.807, 2.05) is 12.1 Å². The second-order valence-corrected chi connectivity index (χ2v) is 4.03. The van der Waals surface area contributed by atoms with Gasteiger partial charge >= 0.3 is 0 Å². The zero-order valence-electron chi connectivity index (χ0n) is 9.66. The molecule has 1 aromatic carbocycles. The lowest BCUT2D eigenvalue weighted by molar-refractivity contribution is 0.00701. The van der Waals surface area contributed by atoms with Gasteiger partial charge in [0.05, 0.1) is 13.7 Å². The molecule has 0 radical (unpaired) electrons. The van der Waals surface area contributed by atoms with Crippen LogP contribution in [0.5, 0.6) is 5.75 Å². The molecule has 1 fully saturated rings. The first-order valence-corrected chi connectivity index (χ1v) is 5.24. The quantitative estimate of drug-likeness (QED) is 0.881. The van der Waals surface area contributed by atoms with Crippen molar-refractivity contribution < 1.29 is 9.47 Å². The average Bonchev–Trinajstić information content (AvgIpc) is 2.66. The summed E-state index contributed by atoms with van der Waals surface area (Å²) in [4.78, 5) is 0. The van der Waals surface area contributed by atoms with Crippen molar-refractivity contribution in [2.45, 2.75) is 19.1 Å². The van der Waals surface area contributed by atoms with Crippen molar-refractivity contribution >= 4 is 12.4 Å². The summed E-state index contributed by atoms with van der Waals surface area (Å²) >= 11 is 0. The lowest BCUT2D eigenvalue weighted by Crippen LogP contribution is -2.39. The fourth-order valence-corrected chi connectivity index (χ4v) is 1.89. The summed E-state index contributed by atoms with van der Waals surface area (Å²) in [5, 5.41) is 3.36. The lowest BCUT2D eigenvalue weighted by Gasteiger charge is -2.23. The van der Waals surface area contributed by atoms with Gasteiger partial charge in [-0.15, -0.1) is 12.4 Å². The molecule has 0 saturated carbocycles. The number of nitrogens with one attached hydrogen (secondary N) is 1. The van der Waals surface area contributed by atoms with Crippen LogP contribution in [-0.2, 0) is 11.2 Å². The van der Waals surface area contributed by atoms with Crippen molar-refractivity contribution in [3.05, 3.63) is 29.8 Å². The van der Waals surface area contributed by atoms with Crippen LogP contribution in [0.1, 0.15) is 12.5 Å². The first-order chi connectivity index (χ1) is 7.22. The monoisotopic (exact) mass is 243 g/mol. The van der Waals surface area contributed by atoms with E-state index >= 15 is 0 Å². The maximum atomic E-state index is 5.66. The first-order valence-electron chi connectivity index (χ1n) is 5.24. The fraction of sp³-hybridized carbons (Fsp3) is 0.500. The Bertz CT molecular complexity index is 320. The highest BCUT2D eigenvalue weighted by molar-refractivity contribution is 5.85. The molecule has 1 atom stereocenters. The molecule has 0 aromatic heterocycles. The molecule has 4 heteroatoms. The van der Waals surface area contributed by atoms with Crippen molar-refractivity contribution in [2.75, 3.05) is 20.3 Å². The molecular weight excluding hydrogens is 226 g/mol. The van der Waals surface area contributed by atoms with Gasteiger partial charge in [-0.1, -0.05) is 12.1 Å². The van der Waals surface area contributed by atoms with Crippen molar-refractivity contribution in [2.24, 2.45) is 0 Å². The zero-order chi connectivity index (χ0) is 10.7. The van der Waals surface area contributed by atoms with E-state index in [1.54, 1.807) is 7.11 Å². The van der Waals surface area contributed by atoms with E-state index in [9.17, 15) is 0 Å². The Morgan fingerprint density at radius 3 is 2.56 bits per heavy atom. The largest absolute Gasteiger partial charge is 0.497 e. The van der Waals surface area contributed by atoms with Crippen LogP contribution in [0, 0.1) is 0 Å². The maximum absolute atomic E-state index is 5.66. The number of ether oxygens (including phenoxy) is 2. The highest BCUT2D eigenvalue weighted by Crippen LogP contribution is 2.20. The Labute approximate surface area is 103 Å². The smallest absolute Gasteiger partial charge is 0.120 e. The number of hydrogen-bond donors (Lipinski definition) is 1. The molecule has 3 nitrogen and oxygen atoms in total. The van der Waals surface area contributed by atoms with Crippen molar-refractivity contribution in [1.29, 1.82) is 0 Å². The Hall–Kier alpha value is -0.770. The summed E-state index contributed by atoms with van der Waals surface area (Å²) in [6.45, 7) is 3.82. The molecule has 1 aliphatic heterocycles. The van der Waals surface area contributed by atoms with Crippen LogP contribution in [0.15, 0.2) is 24.3 Å². The zero-order valence-corrected chi connectivity index (χ0v) is 10.5. The molecule has 1 N–H and O–H groups in total. The fourth-order valence-electron chi connectivity index (χ4n) is 1.89. The standard InChI is InChI=1S/C12H17NO2.ClH/c1-12(13-7-8-15-12)9-10-3-5-11(14-2)6-4-10;/h3-6,13H,7-9H2,1-2H3;1H. The van der Waals surface area contributed by atoms with Gasteiger partial charge < -0.3 is 9.47 Å². The highest BCUT2D eigenvalue weighted by Gasteiger charge is 2.28. The summed E-state index contributed by atoms with van der Waals surface area (Å²) in [6.07, 6.45) is 0.886. The van der Waals surface area contributed by atoms with E-state index in [1.165, 1.54) is 5.56 Å². The molecule has 1 saturated heterocycles. The van der Waals surface area contributed by atoms with E-state index < -0.39 is 0 Å². The van der Waals surface area contributed by atoms with Crippen LogP contribution in [0.25, 0.3) is 0 Å². The molecule has 0 spiro atoms. The van der Waals surface area contributed by atoms with Gasteiger partial charge in [-0.05, 0) is 24.6 Å². The summed E-state index contributed by atoms with van der Waals surface area (Å²) in [7, 11) is 1.68. The Morgan fingerprint density at radius 2 is 2.06 bits per heavy atom. The van der Waals surface area contributed by atoms with E-state index in [2.05, 4.69) is 24.4 Å². The van der Waals surface area contributed by atoms with Gasteiger partial charge in [0, 0.05) is 13.0 Å². The molecule has 1 aromatic rings. The van der Waals surface area contributed by atoms with Crippen LogP contribution in [0.3, 0.4) is 0 Å². The van der Waals surface area contributed by atoms with Gasteiger partial charge in [-0.2, -0.15) is 0 Å². The molecule has 0 aliphatic carbocycles.